The Morgan fingerprint density at radius 2 is 2.22 bits per heavy atom. The number of thioether (sulfide) groups is 1. The van der Waals surface area contributed by atoms with Crippen LogP contribution in [0.2, 0.25) is 0 Å². The minimum atomic E-state index is -0.985. The van der Waals surface area contributed by atoms with Crippen molar-refractivity contribution >= 4 is 35.0 Å². The Labute approximate surface area is 115 Å². The Kier molecular flexibility index (Phi) is 6.21. The fourth-order valence-corrected chi connectivity index (χ4v) is 3.05. The van der Waals surface area contributed by atoms with Gasteiger partial charge in [0.25, 0.3) is 0 Å². The Morgan fingerprint density at radius 1 is 1.50 bits per heavy atom. The molecule has 0 radical (unpaired) electrons. The fraction of sp³-hybridized carbons (Fsp3) is 0.500. The van der Waals surface area contributed by atoms with Crippen molar-refractivity contribution in [2.45, 2.75) is 25.6 Å². The highest BCUT2D eigenvalue weighted by molar-refractivity contribution is 7.99. The number of carboxylic acids is 1. The normalized spacial score (nSPS) is 12.4. The van der Waals surface area contributed by atoms with Crippen LogP contribution in [0.4, 0.5) is 0 Å². The summed E-state index contributed by atoms with van der Waals surface area (Å²) in [7, 11) is 0. The van der Waals surface area contributed by atoms with Gasteiger partial charge in [0, 0.05) is 10.6 Å². The van der Waals surface area contributed by atoms with Crippen LogP contribution >= 0.6 is 23.1 Å². The third kappa shape index (κ3) is 5.10. The van der Waals surface area contributed by atoms with Crippen molar-refractivity contribution < 1.29 is 14.7 Å². The van der Waals surface area contributed by atoms with Crippen molar-refractivity contribution in [1.29, 1.82) is 0 Å². The summed E-state index contributed by atoms with van der Waals surface area (Å²) in [6, 6.07) is 3.18. The first-order valence-corrected chi connectivity index (χ1v) is 7.66. The summed E-state index contributed by atoms with van der Waals surface area (Å²) < 4.78 is 0. The summed E-state index contributed by atoms with van der Waals surface area (Å²) in [6.07, 6.45) is 0. The average molecular weight is 287 g/mol. The molecule has 0 spiro atoms. The topological polar surface area (TPSA) is 66.4 Å². The molecule has 18 heavy (non-hydrogen) atoms. The molecule has 0 aliphatic carbocycles. The Bertz CT molecular complexity index is 390. The fourth-order valence-electron chi connectivity index (χ4n) is 1.37. The van der Waals surface area contributed by atoms with Gasteiger partial charge in [-0.25, -0.2) is 4.79 Å². The minimum absolute atomic E-state index is 0.117. The molecular formula is C12H17NO3S2. The Morgan fingerprint density at radius 3 is 2.72 bits per heavy atom. The van der Waals surface area contributed by atoms with Gasteiger partial charge in [0.05, 0.1) is 5.75 Å². The van der Waals surface area contributed by atoms with Gasteiger partial charge in [-0.15, -0.1) is 23.1 Å². The average Bonchev–Trinajstić information content (AvgIpc) is 2.78. The monoisotopic (exact) mass is 287 g/mol. The zero-order chi connectivity index (χ0) is 13.5. The molecule has 4 nitrogen and oxygen atoms in total. The van der Waals surface area contributed by atoms with Gasteiger partial charge in [0.15, 0.2) is 0 Å². The highest BCUT2D eigenvalue weighted by Gasteiger charge is 2.22. The maximum absolute atomic E-state index is 11.6. The first-order chi connectivity index (χ1) is 8.50. The van der Waals surface area contributed by atoms with Crippen molar-refractivity contribution in [2.24, 2.45) is 5.92 Å². The van der Waals surface area contributed by atoms with E-state index in [4.69, 9.17) is 5.11 Å². The maximum atomic E-state index is 11.6. The van der Waals surface area contributed by atoms with Gasteiger partial charge >= 0.3 is 5.97 Å². The van der Waals surface area contributed by atoms with Gasteiger partial charge < -0.3 is 10.4 Å². The Hall–Kier alpha value is -1.01. The van der Waals surface area contributed by atoms with E-state index in [1.165, 1.54) is 16.6 Å². The quantitative estimate of drug-likeness (QED) is 0.807. The molecule has 0 aliphatic heterocycles. The molecule has 1 rings (SSSR count). The molecule has 100 valence electrons. The molecule has 6 heteroatoms. The van der Waals surface area contributed by atoms with E-state index in [0.717, 1.165) is 5.75 Å². The van der Waals surface area contributed by atoms with Crippen LogP contribution in [-0.2, 0) is 15.3 Å². The first kappa shape index (κ1) is 15.0. The van der Waals surface area contributed by atoms with Crippen LogP contribution in [0.15, 0.2) is 17.5 Å². The number of hydrogen-bond acceptors (Lipinski definition) is 4. The number of carbonyl (C=O) groups is 2. The number of carbonyl (C=O) groups excluding carboxylic acids is 1. The predicted octanol–water partition coefficient (Wildman–Crippen LogP) is 2.21. The van der Waals surface area contributed by atoms with Gasteiger partial charge in [0.1, 0.15) is 6.04 Å². The molecule has 2 N–H and O–H groups in total. The lowest BCUT2D eigenvalue weighted by Crippen LogP contribution is -2.45. The number of rotatable bonds is 7. The number of carboxylic acid groups (broad SMARTS) is 1. The van der Waals surface area contributed by atoms with Crippen molar-refractivity contribution in [2.75, 3.05) is 5.75 Å². The summed E-state index contributed by atoms with van der Waals surface area (Å²) in [5, 5.41) is 13.5. The lowest BCUT2D eigenvalue weighted by molar-refractivity contribution is -0.142. The zero-order valence-corrected chi connectivity index (χ0v) is 12.0. The van der Waals surface area contributed by atoms with E-state index in [0.29, 0.717) is 0 Å². The molecule has 1 atom stereocenters. The summed E-state index contributed by atoms with van der Waals surface area (Å²) >= 11 is 3.14. The van der Waals surface area contributed by atoms with Crippen molar-refractivity contribution in [3.63, 3.8) is 0 Å². The SMILES string of the molecule is CC(C)[C@H](NC(=O)CSCc1cccs1)C(=O)O. The van der Waals surface area contributed by atoms with Crippen LogP contribution in [0.3, 0.4) is 0 Å². The lowest BCUT2D eigenvalue weighted by Gasteiger charge is -2.17. The van der Waals surface area contributed by atoms with Crippen LogP contribution < -0.4 is 5.32 Å². The van der Waals surface area contributed by atoms with E-state index in [1.54, 1.807) is 25.2 Å². The summed E-state index contributed by atoms with van der Waals surface area (Å²) in [6.45, 7) is 3.55. The maximum Gasteiger partial charge on any atom is 0.326 e. The van der Waals surface area contributed by atoms with E-state index < -0.39 is 12.0 Å². The van der Waals surface area contributed by atoms with E-state index in [9.17, 15) is 9.59 Å². The molecule has 0 saturated carbocycles. The predicted molar refractivity (Wildman–Crippen MR) is 74.9 cm³/mol. The second-order valence-corrected chi connectivity index (χ2v) is 6.22. The van der Waals surface area contributed by atoms with Gasteiger partial charge in [-0.05, 0) is 17.4 Å². The molecule has 1 amide bonds. The molecule has 0 unspecified atom stereocenters. The van der Waals surface area contributed by atoms with E-state index in [1.807, 2.05) is 17.5 Å². The van der Waals surface area contributed by atoms with Gasteiger partial charge in [0.2, 0.25) is 5.91 Å². The second kappa shape index (κ2) is 7.43. The standard InChI is InChI=1S/C12H17NO3S2/c1-8(2)11(12(15)16)13-10(14)7-17-6-9-4-3-5-18-9/h3-5,8,11H,6-7H2,1-2H3,(H,13,14)(H,15,16)/t11-/m0/s1. The van der Waals surface area contributed by atoms with Crippen molar-refractivity contribution in [3.05, 3.63) is 22.4 Å². The van der Waals surface area contributed by atoms with Crippen LogP contribution in [0.5, 0.6) is 0 Å². The van der Waals surface area contributed by atoms with Crippen LogP contribution in [0.25, 0.3) is 0 Å². The van der Waals surface area contributed by atoms with Gasteiger partial charge in [-0.3, -0.25) is 4.79 Å². The molecule has 0 saturated heterocycles. The number of thiophene rings is 1. The minimum Gasteiger partial charge on any atom is -0.480 e. The number of amides is 1. The Balaban J connectivity index is 2.30. The van der Waals surface area contributed by atoms with E-state index in [2.05, 4.69) is 5.32 Å². The summed E-state index contributed by atoms with van der Waals surface area (Å²) in [5.41, 5.74) is 0. The van der Waals surface area contributed by atoms with Crippen LogP contribution in [-0.4, -0.2) is 28.8 Å². The number of hydrogen-bond donors (Lipinski definition) is 2. The highest BCUT2D eigenvalue weighted by Crippen LogP contribution is 2.16. The van der Waals surface area contributed by atoms with Gasteiger partial charge in [-0.1, -0.05) is 19.9 Å². The zero-order valence-electron chi connectivity index (χ0n) is 10.4. The molecule has 0 aliphatic rings. The summed E-state index contributed by atoms with van der Waals surface area (Å²) in [5.74, 6) is -0.258. The lowest BCUT2D eigenvalue weighted by atomic mass is 10.1. The summed E-state index contributed by atoms with van der Waals surface area (Å²) in [4.78, 5) is 23.7. The largest absolute Gasteiger partial charge is 0.480 e. The second-order valence-electron chi connectivity index (χ2n) is 4.20. The highest BCUT2D eigenvalue weighted by atomic mass is 32.2. The first-order valence-electron chi connectivity index (χ1n) is 5.63. The van der Waals surface area contributed by atoms with Crippen molar-refractivity contribution in [1.82, 2.24) is 5.32 Å². The molecule has 0 bridgehead atoms. The number of aliphatic carboxylic acids is 1. The third-order valence-corrected chi connectivity index (χ3v) is 4.35. The third-order valence-electron chi connectivity index (χ3n) is 2.31. The molecule has 0 aromatic carbocycles. The van der Waals surface area contributed by atoms with Crippen molar-refractivity contribution in [3.8, 4) is 0 Å². The molecule has 1 heterocycles. The molecule has 1 aromatic heterocycles. The van der Waals surface area contributed by atoms with Gasteiger partial charge in [-0.2, -0.15) is 0 Å². The molecule has 0 fully saturated rings. The molecular weight excluding hydrogens is 270 g/mol. The van der Waals surface area contributed by atoms with E-state index in [-0.39, 0.29) is 17.6 Å². The van der Waals surface area contributed by atoms with Crippen LogP contribution in [0.1, 0.15) is 18.7 Å². The van der Waals surface area contributed by atoms with E-state index >= 15 is 0 Å². The number of nitrogens with one attached hydrogen (secondary N) is 1. The van der Waals surface area contributed by atoms with Crippen LogP contribution in [0, 0.1) is 5.92 Å². The smallest absolute Gasteiger partial charge is 0.326 e. The molecule has 1 aromatic rings.